The van der Waals surface area contributed by atoms with Gasteiger partial charge in [-0.3, -0.25) is 0 Å². The molecule has 0 fully saturated rings. The van der Waals surface area contributed by atoms with Crippen molar-refractivity contribution in [3.8, 4) is 0 Å². The molecule has 2 nitrogen and oxygen atoms in total. The van der Waals surface area contributed by atoms with Crippen LogP contribution in [-0.4, -0.2) is 9.55 Å². The fraction of sp³-hybridized carbons (Fsp3) is 0.364. The van der Waals surface area contributed by atoms with Crippen LogP contribution in [-0.2, 0) is 7.05 Å². The van der Waals surface area contributed by atoms with Crippen molar-refractivity contribution < 1.29 is 0 Å². The van der Waals surface area contributed by atoms with Crippen LogP contribution in [0.3, 0.4) is 0 Å². The number of hydrogen-bond acceptors (Lipinski definition) is 1. The number of aryl methyl sites for hydroxylation is 4. The Labute approximate surface area is 78.2 Å². The molecule has 0 saturated heterocycles. The van der Waals surface area contributed by atoms with Crippen LogP contribution >= 0.6 is 0 Å². The van der Waals surface area contributed by atoms with Gasteiger partial charge in [-0.2, -0.15) is 0 Å². The predicted octanol–water partition coefficient (Wildman–Crippen LogP) is 2.50. The summed E-state index contributed by atoms with van der Waals surface area (Å²) in [4.78, 5) is 4.48. The van der Waals surface area contributed by atoms with Gasteiger partial charge in [0.25, 0.3) is 0 Å². The van der Waals surface area contributed by atoms with Crippen molar-refractivity contribution >= 4 is 11.0 Å². The molecular formula is C11H14N2. The number of rotatable bonds is 0. The summed E-state index contributed by atoms with van der Waals surface area (Å²) in [6.45, 7) is 6.32. The van der Waals surface area contributed by atoms with Crippen LogP contribution in [0.5, 0.6) is 0 Å². The summed E-state index contributed by atoms with van der Waals surface area (Å²) >= 11 is 0. The minimum Gasteiger partial charge on any atom is -0.331 e. The lowest BCUT2D eigenvalue weighted by atomic mass is 10.1. The Morgan fingerprint density at radius 2 is 1.85 bits per heavy atom. The van der Waals surface area contributed by atoms with E-state index < -0.39 is 0 Å². The molecule has 13 heavy (non-hydrogen) atoms. The minimum atomic E-state index is 1.07. The zero-order chi connectivity index (χ0) is 9.59. The summed E-state index contributed by atoms with van der Waals surface area (Å²) in [6, 6.07) is 4.22. The Balaban J connectivity index is 2.97. The summed E-state index contributed by atoms with van der Waals surface area (Å²) in [5, 5.41) is 0. The van der Waals surface area contributed by atoms with E-state index in [9.17, 15) is 0 Å². The van der Waals surface area contributed by atoms with E-state index in [0.29, 0.717) is 0 Å². The minimum absolute atomic E-state index is 1.07. The van der Waals surface area contributed by atoms with Gasteiger partial charge in [0, 0.05) is 7.05 Å². The van der Waals surface area contributed by atoms with Crippen molar-refractivity contribution in [3.05, 3.63) is 29.1 Å². The van der Waals surface area contributed by atoms with Gasteiger partial charge in [0.15, 0.2) is 0 Å². The van der Waals surface area contributed by atoms with Crippen molar-refractivity contribution in [2.45, 2.75) is 20.8 Å². The molecule has 0 atom stereocenters. The van der Waals surface area contributed by atoms with E-state index >= 15 is 0 Å². The SMILES string of the molecule is Cc1ccc2nc(C)n(C)c2c1C. The fourth-order valence-corrected chi connectivity index (χ4v) is 1.71. The lowest BCUT2D eigenvalue weighted by Crippen LogP contribution is -1.93. The first kappa shape index (κ1) is 8.30. The Morgan fingerprint density at radius 3 is 2.54 bits per heavy atom. The highest BCUT2D eigenvalue weighted by Crippen LogP contribution is 2.21. The molecule has 1 aromatic carbocycles. The molecule has 1 heterocycles. The van der Waals surface area contributed by atoms with E-state index in [4.69, 9.17) is 0 Å². The lowest BCUT2D eigenvalue weighted by molar-refractivity contribution is 0.882. The summed E-state index contributed by atoms with van der Waals surface area (Å²) < 4.78 is 2.15. The molecule has 2 rings (SSSR count). The van der Waals surface area contributed by atoms with Gasteiger partial charge in [-0.05, 0) is 38.0 Å². The van der Waals surface area contributed by atoms with Crippen LogP contribution in [0.1, 0.15) is 17.0 Å². The highest BCUT2D eigenvalue weighted by Gasteiger charge is 2.07. The zero-order valence-corrected chi connectivity index (χ0v) is 8.55. The zero-order valence-electron chi connectivity index (χ0n) is 8.55. The molecule has 2 aromatic rings. The Bertz CT molecular complexity index is 466. The highest BCUT2D eigenvalue weighted by atomic mass is 15.0. The second kappa shape index (κ2) is 2.59. The highest BCUT2D eigenvalue weighted by molar-refractivity contribution is 5.80. The molecule has 0 aliphatic carbocycles. The third-order valence-electron chi connectivity index (χ3n) is 2.78. The lowest BCUT2D eigenvalue weighted by Gasteiger charge is -2.03. The average Bonchev–Trinajstić information content (AvgIpc) is 2.37. The van der Waals surface area contributed by atoms with Crippen molar-refractivity contribution in [2.24, 2.45) is 7.05 Å². The second-order valence-electron chi connectivity index (χ2n) is 3.59. The van der Waals surface area contributed by atoms with Gasteiger partial charge in [-0.15, -0.1) is 0 Å². The van der Waals surface area contributed by atoms with Crippen LogP contribution < -0.4 is 0 Å². The Kier molecular flexibility index (Phi) is 1.65. The van der Waals surface area contributed by atoms with E-state index in [1.54, 1.807) is 0 Å². The fourth-order valence-electron chi connectivity index (χ4n) is 1.71. The molecule has 68 valence electrons. The van der Waals surface area contributed by atoms with Crippen molar-refractivity contribution in [3.63, 3.8) is 0 Å². The number of hydrogen-bond donors (Lipinski definition) is 0. The van der Waals surface area contributed by atoms with E-state index in [1.165, 1.54) is 16.6 Å². The maximum Gasteiger partial charge on any atom is 0.106 e. The monoisotopic (exact) mass is 174 g/mol. The summed E-state index contributed by atoms with van der Waals surface area (Å²) in [5.74, 6) is 1.07. The number of aromatic nitrogens is 2. The van der Waals surface area contributed by atoms with E-state index in [-0.39, 0.29) is 0 Å². The van der Waals surface area contributed by atoms with Crippen LogP contribution in [0.25, 0.3) is 11.0 Å². The van der Waals surface area contributed by atoms with Crippen molar-refractivity contribution in [2.75, 3.05) is 0 Å². The predicted molar refractivity (Wildman–Crippen MR) is 54.9 cm³/mol. The quantitative estimate of drug-likeness (QED) is 0.600. The largest absolute Gasteiger partial charge is 0.331 e. The number of fused-ring (bicyclic) bond motifs is 1. The molecule has 0 aliphatic rings. The van der Waals surface area contributed by atoms with Gasteiger partial charge in [-0.1, -0.05) is 6.07 Å². The maximum atomic E-state index is 4.48. The third-order valence-corrected chi connectivity index (χ3v) is 2.78. The molecule has 0 unspecified atom stereocenters. The molecule has 0 radical (unpaired) electrons. The molecule has 1 aromatic heterocycles. The first-order valence-corrected chi connectivity index (χ1v) is 4.50. The van der Waals surface area contributed by atoms with E-state index in [1.807, 2.05) is 6.92 Å². The van der Waals surface area contributed by atoms with E-state index in [0.717, 1.165) is 11.3 Å². The maximum absolute atomic E-state index is 4.48. The van der Waals surface area contributed by atoms with Crippen LogP contribution in [0, 0.1) is 20.8 Å². The molecule has 0 spiro atoms. The summed E-state index contributed by atoms with van der Waals surface area (Å²) in [7, 11) is 2.07. The van der Waals surface area contributed by atoms with Gasteiger partial charge < -0.3 is 4.57 Å². The Morgan fingerprint density at radius 1 is 1.15 bits per heavy atom. The van der Waals surface area contributed by atoms with Gasteiger partial charge in [0.1, 0.15) is 5.82 Å². The molecule has 0 N–H and O–H groups in total. The van der Waals surface area contributed by atoms with Crippen LogP contribution in [0.4, 0.5) is 0 Å². The summed E-state index contributed by atoms with van der Waals surface area (Å²) in [5.41, 5.74) is 5.02. The number of benzene rings is 1. The van der Waals surface area contributed by atoms with Gasteiger partial charge in [0.05, 0.1) is 11.0 Å². The molecule has 0 saturated carbocycles. The molecule has 0 aliphatic heterocycles. The van der Waals surface area contributed by atoms with Crippen molar-refractivity contribution in [1.29, 1.82) is 0 Å². The number of imidazole rings is 1. The third kappa shape index (κ3) is 1.05. The standard InChI is InChI=1S/C11H14N2/c1-7-5-6-10-11(8(7)2)13(4)9(3)12-10/h5-6H,1-4H3. The first-order valence-electron chi connectivity index (χ1n) is 4.50. The normalized spacial score (nSPS) is 11.1. The van der Waals surface area contributed by atoms with Gasteiger partial charge >= 0.3 is 0 Å². The smallest absolute Gasteiger partial charge is 0.106 e. The molecule has 2 heteroatoms. The van der Waals surface area contributed by atoms with Crippen LogP contribution in [0.15, 0.2) is 12.1 Å². The van der Waals surface area contributed by atoms with E-state index in [2.05, 4.69) is 42.6 Å². The van der Waals surface area contributed by atoms with Gasteiger partial charge in [0.2, 0.25) is 0 Å². The number of nitrogens with zero attached hydrogens (tertiary/aromatic N) is 2. The topological polar surface area (TPSA) is 17.8 Å². The summed E-state index contributed by atoms with van der Waals surface area (Å²) in [6.07, 6.45) is 0. The molecular weight excluding hydrogens is 160 g/mol. The Hall–Kier alpha value is -1.31. The first-order chi connectivity index (χ1) is 6.11. The van der Waals surface area contributed by atoms with Gasteiger partial charge in [-0.25, -0.2) is 4.98 Å². The molecule has 0 amide bonds. The van der Waals surface area contributed by atoms with Crippen LogP contribution in [0.2, 0.25) is 0 Å². The van der Waals surface area contributed by atoms with Crippen molar-refractivity contribution in [1.82, 2.24) is 9.55 Å². The molecule has 0 bridgehead atoms. The second-order valence-corrected chi connectivity index (χ2v) is 3.59. The average molecular weight is 174 g/mol.